The van der Waals surface area contributed by atoms with E-state index in [0.717, 1.165) is 42.7 Å². The van der Waals surface area contributed by atoms with Crippen LogP contribution in [0.15, 0.2) is 30.3 Å². The lowest BCUT2D eigenvalue weighted by Gasteiger charge is -2.21. The Bertz CT molecular complexity index is 985. The van der Waals surface area contributed by atoms with Crippen LogP contribution in [0.2, 0.25) is 5.02 Å². The molecule has 2 fully saturated rings. The number of halogens is 1. The minimum atomic E-state index is -0.474. The molecule has 2 atom stereocenters. The molecule has 0 radical (unpaired) electrons. The smallest absolute Gasteiger partial charge is 0.262 e. The number of amides is 2. The molecule has 0 saturated heterocycles. The summed E-state index contributed by atoms with van der Waals surface area (Å²) < 4.78 is 5.41. The van der Waals surface area contributed by atoms with Gasteiger partial charge >= 0.3 is 0 Å². The molecule has 4 rings (SSSR count). The van der Waals surface area contributed by atoms with Gasteiger partial charge in [0.05, 0.1) is 23.7 Å². The first-order valence-electron chi connectivity index (χ1n) is 11.7. The van der Waals surface area contributed by atoms with Crippen molar-refractivity contribution in [3.05, 3.63) is 45.1 Å². The van der Waals surface area contributed by atoms with Gasteiger partial charge in [-0.15, -0.1) is 11.3 Å². The quantitative estimate of drug-likeness (QED) is 0.409. The van der Waals surface area contributed by atoms with Crippen molar-refractivity contribution in [1.29, 1.82) is 0 Å². The fraction of sp³-hybridized carbons (Fsp3) is 0.520. The molecule has 178 valence electrons. The summed E-state index contributed by atoms with van der Waals surface area (Å²) >= 11 is 7.57. The summed E-state index contributed by atoms with van der Waals surface area (Å²) in [5, 5.41) is 10.1. The Morgan fingerprint density at radius 1 is 1.15 bits per heavy atom. The van der Waals surface area contributed by atoms with Gasteiger partial charge in [-0.25, -0.2) is 0 Å². The molecule has 8 heteroatoms. The number of carbonyl (C=O) groups is 2. The van der Waals surface area contributed by atoms with Crippen LogP contribution in [0, 0.1) is 5.92 Å². The third-order valence-electron chi connectivity index (χ3n) is 6.40. The largest absolute Gasteiger partial charge is 0.495 e. The van der Waals surface area contributed by atoms with Gasteiger partial charge in [-0.05, 0) is 62.4 Å². The number of nitrogens with one attached hydrogen (secondary N) is 3. The van der Waals surface area contributed by atoms with Crippen molar-refractivity contribution in [2.45, 2.75) is 70.0 Å². The van der Waals surface area contributed by atoms with Crippen molar-refractivity contribution in [1.82, 2.24) is 10.6 Å². The van der Waals surface area contributed by atoms with Crippen molar-refractivity contribution < 1.29 is 14.3 Å². The van der Waals surface area contributed by atoms with Crippen LogP contribution in [0.3, 0.4) is 0 Å². The molecule has 33 heavy (non-hydrogen) atoms. The minimum absolute atomic E-state index is 0.0439. The van der Waals surface area contributed by atoms with Gasteiger partial charge in [0.1, 0.15) is 11.8 Å². The second-order valence-corrected chi connectivity index (χ2v) is 10.7. The third-order valence-corrected chi connectivity index (χ3v) is 7.90. The Balaban J connectivity index is 1.41. The lowest BCUT2D eigenvalue weighted by atomic mass is 9.97. The molecule has 2 saturated carbocycles. The molecule has 6 nitrogen and oxygen atoms in total. The zero-order chi connectivity index (χ0) is 23.4. The average molecular weight is 490 g/mol. The molecule has 2 aliphatic carbocycles. The topological polar surface area (TPSA) is 79.5 Å². The van der Waals surface area contributed by atoms with E-state index in [-0.39, 0.29) is 23.9 Å². The van der Waals surface area contributed by atoms with E-state index in [4.69, 9.17) is 16.3 Å². The van der Waals surface area contributed by atoms with E-state index in [9.17, 15) is 9.59 Å². The number of ether oxygens (including phenoxy) is 1. The normalized spacial score (nSPS) is 17.9. The van der Waals surface area contributed by atoms with E-state index < -0.39 is 6.04 Å². The van der Waals surface area contributed by atoms with E-state index in [1.54, 1.807) is 13.2 Å². The van der Waals surface area contributed by atoms with Crippen LogP contribution in [-0.2, 0) is 4.79 Å². The molecule has 2 amide bonds. The van der Waals surface area contributed by atoms with Gasteiger partial charge in [0.15, 0.2) is 0 Å². The van der Waals surface area contributed by atoms with Crippen LogP contribution in [0.5, 0.6) is 5.75 Å². The Hall–Kier alpha value is -2.25. The standard InChI is InChI=1S/C25H32ClN3O3S/c1-15(27-19-14-17(26)7-10-21(19)32-2)22-11-12-23(33-22)25(31)29-20(13-16-5-3-4-6-16)24(30)28-18-8-9-18/h7,10-12,14-16,18,20,27H,3-6,8-9,13H2,1-2H3,(H,28,30)(H,29,31)/t15-,20-/m0/s1. The predicted molar refractivity (Wildman–Crippen MR) is 133 cm³/mol. The van der Waals surface area contributed by atoms with E-state index in [1.807, 2.05) is 31.2 Å². The second-order valence-electron chi connectivity index (χ2n) is 9.11. The molecule has 0 unspecified atom stereocenters. The summed E-state index contributed by atoms with van der Waals surface area (Å²) in [7, 11) is 1.62. The summed E-state index contributed by atoms with van der Waals surface area (Å²) in [6.45, 7) is 2.03. The fourth-order valence-electron chi connectivity index (χ4n) is 4.37. The number of anilines is 1. The molecule has 2 aromatic rings. The molecule has 0 spiro atoms. The van der Waals surface area contributed by atoms with Crippen LogP contribution in [-0.4, -0.2) is 31.0 Å². The monoisotopic (exact) mass is 489 g/mol. The second kappa shape index (κ2) is 10.8. The maximum absolute atomic E-state index is 13.0. The maximum Gasteiger partial charge on any atom is 0.262 e. The highest BCUT2D eigenvalue weighted by atomic mass is 35.5. The zero-order valence-corrected chi connectivity index (χ0v) is 20.7. The van der Waals surface area contributed by atoms with Crippen molar-refractivity contribution >= 4 is 40.4 Å². The van der Waals surface area contributed by atoms with Crippen LogP contribution in [0.4, 0.5) is 5.69 Å². The maximum atomic E-state index is 13.0. The number of rotatable bonds is 10. The third kappa shape index (κ3) is 6.42. The molecule has 1 heterocycles. The van der Waals surface area contributed by atoms with Crippen LogP contribution in [0.1, 0.15) is 72.5 Å². The van der Waals surface area contributed by atoms with Crippen molar-refractivity contribution in [3.63, 3.8) is 0 Å². The Kier molecular flexibility index (Phi) is 7.81. The number of hydrogen-bond acceptors (Lipinski definition) is 5. The number of methoxy groups -OCH3 is 1. The summed E-state index contributed by atoms with van der Waals surface area (Å²) in [6, 6.07) is 8.97. The Morgan fingerprint density at radius 2 is 1.91 bits per heavy atom. The molecule has 0 bridgehead atoms. The van der Waals surface area contributed by atoms with Crippen LogP contribution >= 0.6 is 22.9 Å². The SMILES string of the molecule is COc1ccc(Cl)cc1N[C@@H](C)c1ccc(C(=O)N[C@@H](CC2CCCC2)C(=O)NC2CC2)s1. The molecule has 2 aliphatic rings. The number of benzene rings is 1. The Labute approximate surface area is 204 Å². The van der Waals surface area contributed by atoms with Crippen molar-refractivity contribution in [2.24, 2.45) is 5.92 Å². The molecule has 1 aromatic heterocycles. The van der Waals surface area contributed by atoms with Crippen molar-refractivity contribution in [3.8, 4) is 5.75 Å². The van der Waals surface area contributed by atoms with Gasteiger partial charge in [0.2, 0.25) is 5.91 Å². The number of hydrogen-bond donors (Lipinski definition) is 3. The fourth-order valence-corrected chi connectivity index (χ4v) is 5.46. The van der Waals surface area contributed by atoms with E-state index >= 15 is 0 Å². The van der Waals surface area contributed by atoms with Gasteiger partial charge in [-0.2, -0.15) is 0 Å². The van der Waals surface area contributed by atoms with E-state index in [0.29, 0.717) is 21.6 Å². The van der Waals surface area contributed by atoms with Gasteiger partial charge in [-0.1, -0.05) is 37.3 Å². The minimum Gasteiger partial charge on any atom is -0.495 e. The highest BCUT2D eigenvalue weighted by Gasteiger charge is 2.31. The first-order chi connectivity index (χ1) is 15.9. The van der Waals surface area contributed by atoms with Crippen LogP contribution in [0.25, 0.3) is 0 Å². The number of carbonyl (C=O) groups excluding carboxylic acids is 2. The van der Waals surface area contributed by atoms with Gasteiger partial charge in [0, 0.05) is 15.9 Å². The van der Waals surface area contributed by atoms with E-state index in [1.165, 1.54) is 24.2 Å². The van der Waals surface area contributed by atoms with Gasteiger partial charge in [0.25, 0.3) is 5.91 Å². The Morgan fingerprint density at radius 3 is 2.61 bits per heavy atom. The summed E-state index contributed by atoms with van der Waals surface area (Å²) in [4.78, 5) is 27.4. The summed E-state index contributed by atoms with van der Waals surface area (Å²) in [5.74, 6) is 0.985. The van der Waals surface area contributed by atoms with Gasteiger partial charge < -0.3 is 20.7 Å². The number of thiophene rings is 1. The molecule has 1 aromatic carbocycles. The zero-order valence-electron chi connectivity index (χ0n) is 19.2. The van der Waals surface area contributed by atoms with Crippen molar-refractivity contribution in [2.75, 3.05) is 12.4 Å². The molecular weight excluding hydrogens is 458 g/mol. The predicted octanol–water partition coefficient (Wildman–Crippen LogP) is 5.54. The first-order valence-corrected chi connectivity index (χ1v) is 12.9. The summed E-state index contributed by atoms with van der Waals surface area (Å²) in [6.07, 6.45) is 7.50. The average Bonchev–Trinajstić information content (AvgIpc) is 3.25. The van der Waals surface area contributed by atoms with Gasteiger partial charge in [-0.3, -0.25) is 9.59 Å². The highest BCUT2D eigenvalue weighted by molar-refractivity contribution is 7.14. The van der Waals surface area contributed by atoms with E-state index in [2.05, 4.69) is 16.0 Å². The van der Waals surface area contributed by atoms with Crippen LogP contribution < -0.4 is 20.7 Å². The molecule has 0 aliphatic heterocycles. The lowest BCUT2D eigenvalue weighted by Crippen LogP contribution is -2.48. The molecule has 3 N–H and O–H groups in total. The molecular formula is C25H32ClN3O3S. The summed E-state index contributed by atoms with van der Waals surface area (Å²) in [5.41, 5.74) is 0.797. The first kappa shape index (κ1) is 23.9. The highest BCUT2D eigenvalue weighted by Crippen LogP contribution is 2.33. The lowest BCUT2D eigenvalue weighted by molar-refractivity contribution is -0.123.